The molecule has 1 aliphatic heterocycles. The Morgan fingerprint density at radius 3 is 2.16 bits per heavy atom. The highest BCUT2D eigenvalue weighted by Crippen LogP contribution is 2.41. The van der Waals surface area contributed by atoms with Crippen LogP contribution in [0.25, 0.3) is 11.0 Å². The molecule has 8 nitrogen and oxygen atoms in total. The molecule has 3 aromatic carbocycles. The lowest BCUT2D eigenvalue weighted by Gasteiger charge is -2.26. The van der Waals surface area contributed by atoms with E-state index in [0.29, 0.717) is 35.0 Å². The molecule has 0 radical (unpaired) electrons. The van der Waals surface area contributed by atoms with Crippen LogP contribution in [0.4, 0.5) is 4.39 Å². The largest absolute Gasteiger partial charge is 0.493 e. The number of amides is 1. The zero-order valence-corrected chi connectivity index (χ0v) is 21.4. The molecule has 0 unspecified atom stereocenters. The van der Waals surface area contributed by atoms with Crippen molar-refractivity contribution in [3.05, 3.63) is 93.1 Å². The van der Waals surface area contributed by atoms with Crippen LogP contribution in [0, 0.1) is 5.82 Å². The number of hydrogen-bond donors (Lipinski definition) is 0. The standard InChI is InChI=1S/C29H26FNO7/c1-34-21-8-5-16(13-23(21)36-3)11-12-31-26(17-6-9-22(35-2)24(14-17)37-4)25-27(32)19-15-18(30)7-10-20(19)38-28(25)29(31)33/h5-10,13-15,26H,11-12H2,1-4H3/t26-/m1/s1. The number of fused-ring (bicyclic) bond motifs is 2. The minimum absolute atomic E-state index is 0.0544. The van der Waals surface area contributed by atoms with Gasteiger partial charge in [0, 0.05) is 6.54 Å². The molecule has 0 saturated heterocycles. The number of carbonyl (C=O) groups excluding carboxylic acids is 1. The maximum Gasteiger partial charge on any atom is 0.290 e. The minimum Gasteiger partial charge on any atom is -0.493 e. The van der Waals surface area contributed by atoms with E-state index in [2.05, 4.69) is 0 Å². The molecule has 1 aromatic heterocycles. The molecule has 1 atom stereocenters. The van der Waals surface area contributed by atoms with Gasteiger partial charge in [0.15, 0.2) is 28.4 Å². The fraction of sp³-hybridized carbons (Fsp3) is 0.241. The first kappa shape index (κ1) is 25.1. The Morgan fingerprint density at radius 1 is 0.816 bits per heavy atom. The molecule has 9 heteroatoms. The van der Waals surface area contributed by atoms with Crippen LogP contribution < -0.4 is 24.4 Å². The van der Waals surface area contributed by atoms with Gasteiger partial charge in [-0.05, 0) is 60.0 Å². The molecule has 38 heavy (non-hydrogen) atoms. The van der Waals surface area contributed by atoms with E-state index in [-0.39, 0.29) is 28.8 Å². The van der Waals surface area contributed by atoms with Gasteiger partial charge in [0.1, 0.15) is 11.4 Å². The van der Waals surface area contributed by atoms with Crippen molar-refractivity contribution in [3.8, 4) is 23.0 Å². The third-order valence-corrected chi connectivity index (χ3v) is 6.74. The average Bonchev–Trinajstić information content (AvgIpc) is 3.22. The van der Waals surface area contributed by atoms with Gasteiger partial charge in [-0.3, -0.25) is 9.59 Å². The van der Waals surface area contributed by atoms with E-state index in [1.807, 2.05) is 12.1 Å². The van der Waals surface area contributed by atoms with Crippen LogP contribution in [0.2, 0.25) is 0 Å². The summed E-state index contributed by atoms with van der Waals surface area (Å²) in [6.07, 6.45) is 0.464. The topological polar surface area (TPSA) is 87.4 Å². The average molecular weight is 520 g/mol. The summed E-state index contributed by atoms with van der Waals surface area (Å²) >= 11 is 0. The molecule has 0 bridgehead atoms. The van der Waals surface area contributed by atoms with Crippen LogP contribution >= 0.6 is 0 Å². The maximum atomic E-state index is 14.0. The second-order valence-electron chi connectivity index (χ2n) is 8.77. The molecular weight excluding hydrogens is 493 g/mol. The normalized spacial score (nSPS) is 14.5. The monoisotopic (exact) mass is 519 g/mol. The highest BCUT2D eigenvalue weighted by Gasteiger charge is 2.42. The van der Waals surface area contributed by atoms with E-state index >= 15 is 0 Å². The molecule has 1 amide bonds. The third kappa shape index (κ3) is 4.19. The highest BCUT2D eigenvalue weighted by atomic mass is 19.1. The summed E-state index contributed by atoms with van der Waals surface area (Å²) in [6.45, 7) is 0.266. The van der Waals surface area contributed by atoms with Gasteiger partial charge in [-0.25, -0.2) is 4.39 Å². The van der Waals surface area contributed by atoms with Crippen LogP contribution in [0.1, 0.15) is 33.3 Å². The van der Waals surface area contributed by atoms with Crippen LogP contribution in [0.3, 0.4) is 0 Å². The SMILES string of the molecule is COc1ccc(CCN2C(=O)c3oc4ccc(F)cc4c(=O)c3[C@H]2c2ccc(OC)c(OC)c2)cc1OC. The van der Waals surface area contributed by atoms with E-state index in [1.165, 1.54) is 26.4 Å². The summed E-state index contributed by atoms with van der Waals surface area (Å²) < 4.78 is 41.5. The predicted octanol–water partition coefficient (Wildman–Crippen LogP) is 4.75. The summed E-state index contributed by atoms with van der Waals surface area (Å²) in [5, 5.41) is 0.0729. The predicted molar refractivity (Wildman–Crippen MR) is 138 cm³/mol. The molecule has 1 aliphatic rings. The summed E-state index contributed by atoms with van der Waals surface area (Å²) in [4.78, 5) is 28.9. The van der Waals surface area contributed by atoms with Crippen molar-refractivity contribution in [2.24, 2.45) is 0 Å². The number of methoxy groups -OCH3 is 4. The van der Waals surface area contributed by atoms with Crippen LogP contribution in [0.5, 0.6) is 23.0 Å². The summed E-state index contributed by atoms with van der Waals surface area (Å²) in [7, 11) is 6.15. The van der Waals surface area contributed by atoms with Gasteiger partial charge in [-0.2, -0.15) is 0 Å². The van der Waals surface area contributed by atoms with E-state index < -0.39 is 23.2 Å². The number of hydrogen-bond acceptors (Lipinski definition) is 7. The smallest absolute Gasteiger partial charge is 0.290 e. The van der Waals surface area contributed by atoms with Gasteiger partial charge in [-0.1, -0.05) is 12.1 Å². The Bertz CT molecular complexity index is 1600. The Morgan fingerprint density at radius 2 is 1.47 bits per heavy atom. The van der Waals surface area contributed by atoms with Crippen molar-refractivity contribution in [2.75, 3.05) is 35.0 Å². The third-order valence-electron chi connectivity index (χ3n) is 6.74. The molecule has 0 fully saturated rings. The molecule has 0 saturated carbocycles. The zero-order valence-electron chi connectivity index (χ0n) is 21.4. The molecule has 196 valence electrons. The van der Waals surface area contributed by atoms with Gasteiger partial charge in [0.25, 0.3) is 5.91 Å². The van der Waals surface area contributed by atoms with E-state index in [9.17, 15) is 14.0 Å². The maximum absolute atomic E-state index is 14.0. The zero-order chi connectivity index (χ0) is 27.0. The van der Waals surface area contributed by atoms with Gasteiger partial charge < -0.3 is 28.3 Å². The van der Waals surface area contributed by atoms with Crippen molar-refractivity contribution in [1.29, 1.82) is 0 Å². The first-order valence-corrected chi connectivity index (χ1v) is 11.9. The number of benzene rings is 3. The van der Waals surface area contributed by atoms with Gasteiger partial charge in [-0.15, -0.1) is 0 Å². The molecule has 0 N–H and O–H groups in total. The number of rotatable bonds is 8. The van der Waals surface area contributed by atoms with E-state index in [4.69, 9.17) is 23.4 Å². The lowest BCUT2D eigenvalue weighted by Crippen LogP contribution is -2.31. The highest BCUT2D eigenvalue weighted by molar-refractivity contribution is 5.99. The van der Waals surface area contributed by atoms with Crippen LogP contribution in [0.15, 0.2) is 63.8 Å². The number of ether oxygens (including phenoxy) is 4. The Hall–Kier alpha value is -4.53. The Labute approximate surface area is 218 Å². The first-order valence-electron chi connectivity index (χ1n) is 11.9. The van der Waals surface area contributed by atoms with Crippen LogP contribution in [-0.4, -0.2) is 45.8 Å². The molecule has 4 aromatic rings. The Kier molecular flexibility index (Phi) is 6.67. The molecular formula is C29H26FNO7. The fourth-order valence-corrected chi connectivity index (χ4v) is 4.88. The van der Waals surface area contributed by atoms with Crippen molar-refractivity contribution in [1.82, 2.24) is 4.90 Å². The lowest BCUT2D eigenvalue weighted by molar-refractivity contribution is 0.0730. The molecule has 5 rings (SSSR count). The first-order chi connectivity index (χ1) is 18.4. The number of halogens is 1. The van der Waals surface area contributed by atoms with Crippen molar-refractivity contribution < 1.29 is 32.5 Å². The van der Waals surface area contributed by atoms with Gasteiger partial charge in [0.2, 0.25) is 5.76 Å². The molecule has 0 aliphatic carbocycles. The molecule has 2 heterocycles. The van der Waals surface area contributed by atoms with E-state index in [1.54, 1.807) is 43.4 Å². The van der Waals surface area contributed by atoms with Crippen molar-refractivity contribution in [2.45, 2.75) is 12.5 Å². The second-order valence-corrected chi connectivity index (χ2v) is 8.77. The quantitative estimate of drug-likeness (QED) is 0.332. The minimum atomic E-state index is -0.777. The second kappa shape index (κ2) is 10.1. The van der Waals surface area contributed by atoms with Crippen molar-refractivity contribution >= 4 is 16.9 Å². The number of nitrogens with zero attached hydrogens (tertiary/aromatic N) is 1. The van der Waals surface area contributed by atoms with Gasteiger partial charge in [0.05, 0.1) is 45.4 Å². The lowest BCUT2D eigenvalue weighted by atomic mass is 9.97. The summed E-state index contributed by atoms with van der Waals surface area (Å²) in [5.41, 5.74) is 1.39. The molecule has 0 spiro atoms. The van der Waals surface area contributed by atoms with Crippen LogP contribution in [-0.2, 0) is 6.42 Å². The van der Waals surface area contributed by atoms with E-state index in [0.717, 1.165) is 11.6 Å². The van der Waals surface area contributed by atoms with Crippen molar-refractivity contribution in [3.63, 3.8) is 0 Å². The summed E-state index contributed by atoms with van der Waals surface area (Å²) in [5.74, 6) is 1.07. The fourth-order valence-electron chi connectivity index (χ4n) is 4.88. The summed E-state index contributed by atoms with van der Waals surface area (Å²) in [6, 6.07) is 13.6. The number of carbonyl (C=O) groups is 1. The Balaban J connectivity index is 1.62. The van der Waals surface area contributed by atoms with Gasteiger partial charge >= 0.3 is 0 Å².